The van der Waals surface area contributed by atoms with Gasteiger partial charge in [0.05, 0.1) is 6.10 Å². The van der Waals surface area contributed by atoms with Gasteiger partial charge >= 0.3 is 0 Å². The maximum absolute atomic E-state index is 9.74. The summed E-state index contributed by atoms with van der Waals surface area (Å²) >= 11 is 1.61. The molecule has 2 heterocycles. The van der Waals surface area contributed by atoms with Crippen LogP contribution in [0.1, 0.15) is 28.1 Å². The standard InChI is InChI=1S/C21H24N4OS/c26-19-10-11-25(15-19)14-18-9-5-4-8-17(18)13-22-21-24-23-20(27-21)12-16-6-2-1-3-7-16/h1-9,19,26H,10-15H2,(H,22,24). The van der Waals surface area contributed by atoms with E-state index in [0.717, 1.165) is 49.2 Å². The molecule has 140 valence electrons. The zero-order valence-electron chi connectivity index (χ0n) is 15.2. The molecular weight excluding hydrogens is 356 g/mol. The number of likely N-dealkylation sites (tertiary alicyclic amines) is 1. The lowest BCUT2D eigenvalue weighted by atomic mass is 10.1. The monoisotopic (exact) mass is 380 g/mol. The molecule has 0 amide bonds. The second-order valence-corrected chi connectivity index (χ2v) is 8.03. The molecule has 0 saturated carbocycles. The summed E-state index contributed by atoms with van der Waals surface area (Å²) in [5, 5.41) is 23.6. The van der Waals surface area contributed by atoms with E-state index in [2.05, 4.69) is 56.8 Å². The van der Waals surface area contributed by atoms with Gasteiger partial charge in [0, 0.05) is 32.6 Å². The van der Waals surface area contributed by atoms with Crippen molar-refractivity contribution in [3.8, 4) is 0 Å². The van der Waals surface area contributed by atoms with E-state index in [-0.39, 0.29) is 6.10 Å². The Kier molecular flexibility index (Phi) is 5.77. The van der Waals surface area contributed by atoms with E-state index in [1.807, 2.05) is 18.2 Å². The molecule has 0 aliphatic carbocycles. The summed E-state index contributed by atoms with van der Waals surface area (Å²) in [7, 11) is 0. The number of aromatic nitrogens is 2. The van der Waals surface area contributed by atoms with E-state index in [9.17, 15) is 5.11 Å². The van der Waals surface area contributed by atoms with Crippen LogP contribution in [0.3, 0.4) is 0 Å². The lowest BCUT2D eigenvalue weighted by molar-refractivity contribution is 0.174. The molecule has 1 saturated heterocycles. The molecule has 1 aliphatic heterocycles. The largest absolute Gasteiger partial charge is 0.392 e. The lowest BCUT2D eigenvalue weighted by Gasteiger charge is -2.17. The van der Waals surface area contributed by atoms with Gasteiger partial charge in [-0.3, -0.25) is 4.90 Å². The fraction of sp³-hybridized carbons (Fsp3) is 0.333. The third-order valence-corrected chi connectivity index (χ3v) is 5.74. The zero-order valence-corrected chi connectivity index (χ0v) is 16.0. The van der Waals surface area contributed by atoms with Crippen molar-refractivity contribution in [3.05, 3.63) is 76.3 Å². The van der Waals surface area contributed by atoms with Crippen molar-refractivity contribution in [2.45, 2.75) is 32.0 Å². The van der Waals surface area contributed by atoms with E-state index in [1.54, 1.807) is 11.3 Å². The Labute approximate surface area is 163 Å². The molecule has 1 fully saturated rings. The van der Waals surface area contributed by atoms with Gasteiger partial charge in [0.1, 0.15) is 5.01 Å². The summed E-state index contributed by atoms with van der Waals surface area (Å²) in [6.45, 7) is 3.33. The highest BCUT2D eigenvalue weighted by atomic mass is 32.1. The molecule has 1 atom stereocenters. The first-order chi connectivity index (χ1) is 13.3. The van der Waals surface area contributed by atoms with Crippen molar-refractivity contribution in [2.75, 3.05) is 18.4 Å². The number of aliphatic hydroxyl groups is 1. The Morgan fingerprint density at radius 2 is 1.81 bits per heavy atom. The van der Waals surface area contributed by atoms with E-state index in [0.29, 0.717) is 0 Å². The molecule has 2 aromatic carbocycles. The van der Waals surface area contributed by atoms with Crippen LogP contribution in [0.2, 0.25) is 0 Å². The molecule has 27 heavy (non-hydrogen) atoms. The molecule has 4 rings (SSSR count). The third kappa shape index (κ3) is 4.91. The van der Waals surface area contributed by atoms with Crippen molar-refractivity contribution >= 4 is 16.5 Å². The normalized spacial score (nSPS) is 17.3. The van der Waals surface area contributed by atoms with Crippen LogP contribution < -0.4 is 5.32 Å². The Bertz CT molecular complexity index is 867. The van der Waals surface area contributed by atoms with Gasteiger partial charge in [-0.1, -0.05) is 65.9 Å². The Morgan fingerprint density at radius 3 is 2.59 bits per heavy atom. The minimum Gasteiger partial charge on any atom is -0.392 e. The van der Waals surface area contributed by atoms with E-state index in [4.69, 9.17) is 0 Å². The second-order valence-electron chi connectivity index (χ2n) is 6.96. The summed E-state index contributed by atoms with van der Waals surface area (Å²) in [5.41, 5.74) is 3.81. The molecule has 2 N–H and O–H groups in total. The number of nitrogens with zero attached hydrogens (tertiary/aromatic N) is 3. The van der Waals surface area contributed by atoms with Crippen molar-refractivity contribution in [1.29, 1.82) is 0 Å². The van der Waals surface area contributed by atoms with Gasteiger partial charge in [0.2, 0.25) is 5.13 Å². The zero-order chi connectivity index (χ0) is 18.5. The summed E-state index contributed by atoms with van der Waals surface area (Å²) in [4.78, 5) is 2.31. The maximum Gasteiger partial charge on any atom is 0.205 e. The number of β-amino-alcohol motifs (C(OH)–C–C–N with tert-alkyl or cyclic N) is 1. The summed E-state index contributed by atoms with van der Waals surface area (Å²) < 4.78 is 0. The molecule has 5 nitrogen and oxygen atoms in total. The van der Waals surface area contributed by atoms with Crippen LogP contribution in [0, 0.1) is 0 Å². The first-order valence-corrected chi connectivity index (χ1v) is 10.2. The molecule has 1 aliphatic rings. The summed E-state index contributed by atoms with van der Waals surface area (Å²) in [5.74, 6) is 0. The van der Waals surface area contributed by atoms with Gasteiger partial charge in [-0.05, 0) is 23.1 Å². The number of benzene rings is 2. The molecule has 3 aromatic rings. The number of hydrogen-bond acceptors (Lipinski definition) is 6. The van der Waals surface area contributed by atoms with Crippen LogP contribution >= 0.6 is 11.3 Å². The van der Waals surface area contributed by atoms with Gasteiger partial charge in [-0.25, -0.2) is 0 Å². The number of aliphatic hydroxyl groups excluding tert-OH is 1. The Balaban J connectivity index is 1.36. The minimum absolute atomic E-state index is 0.181. The van der Waals surface area contributed by atoms with Crippen LogP contribution in [0.5, 0.6) is 0 Å². The predicted molar refractivity (Wildman–Crippen MR) is 109 cm³/mol. The van der Waals surface area contributed by atoms with E-state index < -0.39 is 0 Å². The van der Waals surface area contributed by atoms with Gasteiger partial charge in [0.25, 0.3) is 0 Å². The molecule has 0 radical (unpaired) electrons. The van der Waals surface area contributed by atoms with Crippen LogP contribution in [0.4, 0.5) is 5.13 Å². The van der Waals surface area contributed by atoms with E-state index in [1.165, 1.54) is 16.7 Å². The fourth-order valence-corrected chi connectivity index (χ4v) is 4.19. The summed E-state index contributed by atoms with van der Waals surface area (Å²) in [6, 6.07) is 18.8. The van der Waals surface area contributed by atoms with Crippen molar-refractivity contribution in [2.24, 2.45) is 0 Å². The Hall–Kier alpha value is -2.28. The van der Waals surface area contributed by atoms with Crippen molar-refractivity contribution in [3.63, 3.8) is 0 Å². The third-order valence-electron chi connectivity index (χ3n) is 4.85. The fourth-order valence-electron chi connectivity index (χ4n) is 3.42. The number of rotatable bonds is 7. The van der Waals surface area contributed by atoms with Gasteiger partial charge < -0.3 is 10.4 Å². The lowest BCUT2D eigenvalue weighted by Crippen LogP contribution is -2.22. The highest BCUT2D eigenvalue weighted by molar-refractivity contribution is 7.15. The second kappa shape index (κ2) is 8.61. The highest BCUT2D eigenvalue weighted by Gasteiger charge is 2.20. The highest BCUT2D eigenvalue weighted by Crippen LogP contribution is 2.21. The molecular formula is C21H24N4OS. The van der Waals surface area contributed by atoms with Gasteiger partial charge in [0.15, 0.2) is 0 Å². The minimum atomic E-state index is -0.181. The van der Waals surface area contributed by atoms with Crippen LogP contribution in [0.15, 0.2) is 54.6 Å². The maximum atomic E-state index is 9.74. The Morgan fingerprint density at radius 1 is 1.04 bits per heavy atom. The SMILES string of the molecule is OC1CCN(Cc2ccccc2CNc2nnc(Cc3ccccc3)s2)C1. The number of nitrogens with one attached hydrogen (secondary N) is 1. The molecule has 1 aromatic heterocycles. The topological polar surface area (TPSA) is 61.3 Å². The number of anilines is 1. The average molecular weight is 381 g/mol. The summed E-state index contributed by atoms with van der Waals surface area (Å²) in [6.07, 6.45) is 1.50. The van der Waals surface area contributed by atoms with Crippen LogP contribution in [-0.2, 0) is 19.5 Å². The van der Waals surface area contributed by atoms with Crippen LogP contribution in [-0.4, -0.2) is 39.4 Å². The molecule has 1 unspecified atom stereocenters. The van der Waals surface area contributed by atoms with Crippen molar-refractivity contribution in [1.82, 2.24) is 15.1 Å². The predicted octanol–water partition coefficient (Wildman–Crippen LogP) is 3.31. The van der Waals surface area contributed by atoms with Gasteiger partial charge in [-0.15, -0.1) is 10.2 Å². The van der Waals surface area contributed by atoms with E-state index >= 15 is 0 Å². The smallest absolute Gasteiger partial charge is 0.205 e. The molecule has 6 heteroatoms. The first-order valence-electron chi connectivity index (χ1n) is 9.33. The van der Waals surface area contributed by atoms with Crippen LogP contribution in [0.25, 0.3) is 0 Å². The average Bonchev–Trinajstić information content (AvgIpc) is 3.31. The quantitative estimate of drug-likeness (QED) is 0.658. The van der Waals surface area contributed by atoms with Gasteiger partial charge in [-0.2, -0.15) is 0 Å². The molecule has 0 spiro atoms. The number of hydrogen-bond donors (Lipinski definition) is 2. The van der Waals surface area contributed by atoms with Crippen molar-refractivity contribution < 1.29 is 5.11 Å². The molecule has 0 bridgehead atoms. The first kappa shape index (κ1) is 18.1.